The number of nitrogens with zero attached hydrogens (tertiary/aromatic N) is 2. The molecule has 5 heteroatoms. The maximum Gasteiger partial charge on any atom is 0.153 e. The lowest BCUT2D eigenvalue weighted by Gasteiger charge is -2.09. The molecule has 0 bridgehead atoms. The molecule has 0 atom stereocenters. The Morgan fingerprint density at radius 1 is 1.35 bits per heavy atom. The third-order valence-corrected chi connectivity index (χ3v) is 3.54. The Hall–Kier alpha value is -1.81. The van der Waals surface area contributed by atoms with Gasteiger partial charge >= 0.3 is 0 Å². The number of rotatable bonds is 6. The zero-order valence-electron chi connectivity index (χ0n) is 11.6. The fourth-order valence-corrected chi connectivity index (χ4v) is 2.33. The van der Waals surface area contributed by atoms with Crippen molar-refractivity contribution >= 4 is 17.9 Å². The van der Waals surface area contributed by atoms with E-state index >= 15 is 0 Å². The minimum Gasteiger partial charge on any atom is -0.487 e. The number of carbonyl (C=O) groups is 1. The standard InChI is InChI=1S/C15H17ClN2O2/c1-3-12-15(16)13(18(4-2)17-12)10-20-14-8-6-5-7-11(14)9-19/h5-9H,3-4,10H2,1-2H3. The number of aromatic nitrogens is 2. The van der Waals surface area contributed by atoms with Crippen LogP contribution in [-0.2, 0) is 19.6 Å². The van der Waals surface area contributed by atoms with Gasteiger partial charge in [-0.25, -0.2) is 0 Å². The van der Waals surface area contributed by atoms with Crippen molar-refractivity contribution in [1.82, 2.24) is 9.78 Å². The first kappa shape index (κ1) is 14.6. The maximum absolute atomic E-state index is 11.0. The van der Waals surface area contributed by atoms with E-state index in [2.05, 4.69) is 5.10 Å². The van der Waals surface area contributed by atoms with E-state index < -0.39 is 0 Å². The molecule has 0 aliphatic rings. The van der Waals surface area contributed by atoms with Crippen LogP contribution >= 0.6 is 11.6 Å². The molecule has 0 saturated carbocycles. The first-order chi connectivity index (χ1) is 9.71. The van der Waals surface area contributed by atoms with Gasteiger partial charge in [0, 0.05) is 6.54 Å². The fraction of sp³-hybridized carbons (Fsp3) is 0.333. The summed E-state index contributed by atoms with van der Waals surface area (Å²) in [4.78, 5) is 11.0. The third kappa shape index (κ3) is 2.85. The summed E-state index contributed by atoms with van der Waals surface area (Å²) in [7, 11) is 0. The Morgan fingerprint density at radius 2 is 2.10 bits per heavy atom. The number of hydrogen-bond acceptors (Lipinski definition) is 3. The van der Waals surface area contributed by atoms with Crippen LogP contribution in [0.1, 0.15) is 35.6 Å². The summed E-state index contributed by atoms with van der Waals surface area (Å²) in [5, 5.41) is 5.09. The number of aldehydes is 1. The molecule has 0 saturated heterocycles. The molecule has 0 radical (unpaired) electrons. The lowest BCUT2D eigenvalue weighted by atomic mass is 10.2. The zero-order chi connectivity index (χ0) is 14.5. The van der Waals surface area contributed by atoms with Gasteiger partial charge in [0.2, 0.25) is 0 Å². The quantitative estimate of drug-likeness (QED) is 0.765. The van der Waals surface area contributed by atoms with Crippen LogP contribution in [-0.4, -0.2) is 16.1 Å². The first-order valence-electron chi connectivity index (χ1n) is 6.62. The first-order valence-corrected chi connectivity index (χ1v) is 7.00. The monoisotopic (exact) mass is 292 g/mol. The number of ether oxygens (including phenoxy) is 1. The average Bonchev–Trinajstić information content (AvgIpc) is 2.81. The van der Waals surface area contributed by atoms with Gasteiger partial charge in [0.1, 0.15) is 12.4 Å². The Kier molecular flexibility index (Phi) is 4.79. The van der Waals surface area contributed by atoms with E-state index in [4.69, 9.17) is 16.3 Å². The lowest BCUT2D eigenvalue weighted by Crippen LogP contribution is -2.07. The highest BCUT2D eigenvalue weighted by Gasteiger charge is 2.15. The molecule has 4 nitrogen and oxygen atoms in total. The Labute approximate surface area is 123 Å². The number of carbonyl (C=O) groups excluding carboxylic acids is 1. The molecule has 106 valence electrons. The number of aryl methyl sites for hydroxylation is 2. The summed E-state index contributed by atoms with van der Waals surface area (Å²) in [5.74, 6) is 0.556. The van der Waals surface area contributed by atoms with Crippen molar-refractivity contribution in [2.24, 2.45) is 0 Å². The normalized spacial score (nSPS) is 10.6. The minimum absolute atomic E-state index is 0.296. The van der Waals surface area contributed by atoms with Gasteiger partial charge in [0.05, 0.1) is 22.0 Å². The summed E-state index contributed by atoms with van der Waals surface area (Å²) < 4.78 is 7.56. The molecule has 2 aromatic rings. The fourth-order valence-electron chi connectivity index (χ4n) is 2.01. The predicted molar refractivity (Wildman–Crippen MR) is 78.5 cm³/mol. The summed E-state index contributed by atoms with van der Waals surface area (Å²) in [5.41, 5.74) is 2.24. The molecular weight excluding hydrogens is 276 g/mol. The number of halogens is 1. The molecule has 2 rings (SSSR count). The predicted octanol–water partition coefficient (Wildman–Crippen LogP) is 3.51. The smallest absolute Gasteiger partial charge is 0.153 e. The van der Waals surface area contributed by atoms with Gasteiger partial charge in [-0.3, -0.25) is 9.48 Å². The van der Waals surface area contributed by atoms with Crippen LogP contribution in [0.3, 0.4) is 0 Å². The van der Waals surface area contributed by atoms with Gasteiger partial charge in [-0.1, -0.05) is 30.7 Å². The summed E-state index contributed by atoms with van der Waals surface area (Å²) in [6.07, 6.45) is 1.56. The van der Waals surface area contributed by atoms with Crippen LogP contribution in [0.15, 0.2) is 24.3 Å². The maximum atomic E-state index is 11.0. The van der Waals surface area contributed by atoms with Crippen LogP contribution in [0.2, 0.25) is 5.02 Å². The van der Waals surface area contributed by atoms with Crippen LogP contribution in [0.5, 0.6) is 5.75 Å². The highest BCUT2D eigenvalue weighted by molar-refractivity contribution is 6.31. The van der Waals surface area contributed by atoms with Gasteiger partial charge in [0.25, 0.3) is 0 Å². The van der Waals surface area contributed by atoms with Crippen molar-refractivity contribution in [3.63, 3.8) is 0 Å². The SMILES string of the molecule is CCc1nn(CC)c(COc2ccccc2C=O)c1Cl. The molecule has 0 N–H and O–H groups in total. The Balaban J connectivity index is 2.22. The molecular formula is C15H17ClN2O2. The van der Waals surface area contributed by atoms with Crippen LogP contribution in [0.4, 0.5) is 0 Å². The number of benzene rings is 1. The Morgan fingerprint density at radius 3 is 2.75 bits per heavy atom. The molecule has 0 aliphatic carbocycles. The Bertz CT molecular complexity index is 608. The molecule has 20 heavy (non-hydrogen) atoms. The average molecular weight is 293 g/mol. The number of hydrogen-bond donors (Lipinski definition) is 0. The number of para-hydroxylation sites is 1. The summed E-state index contributed by atoms with van der Waals surface area (Å²) in [6, 6.07) is 7.12. The van der Waals surface area contributed by atoms with Gasteiger partial charge < -0.3 is 4.74 Å². The molecule has 1 aromatic heterocycles. The van der Waals surface area contributed by atoms with Gasteiger partial charge in [-0.15, -0.1) is 0 Å². The largest absolute Gasteiger partial charge is 0.487 e. The van der Waals surface area contributed by atoms with Crippen LogP contribution < -0.4 is 4.74 Å². The second-order valence-corrected chi connectivity index (χ2v) is 4.70. The van der Waals surface area contributed by atoms with E-state index in [1.165, 1.54) is 0 Å². The molecule has 0 unspecified atom stereocenters. The van der Waals surface area contributed by atoms with E-state index in [0.717, 1.165) is 30.6 Å². The van der Waals surface area contributed by atoms with Gasteiger partial charge in [0.15, 0.2) is 6.29 Å². The third-order valence-electron chi connectivity index (χ3n) is 3.10. The summed E-state index contributed by atoms with van der Waals surface area (Å²) >= 11 is 6.32. The highest BCUT2D eigenvalue weighted by atomic mass is 35.5. The van der Waals surface area contributed by atoms with E-state index in [-0.39, 0.29) is 0 Å². The minimum atomic E-state index is 0.296. The zero-order valence-corrected chi connectivity index (χ0v) is 12.4. The van der Waals surface area contributed by atoms with Gasteiger partial charge in [-0.2, -0.15) is 5.10 Å². The van der Waals surface area contributed by atoms with Crippen molar-refractivity contribution in [3.05, 3.63) is 46.2 Å². The van der Waals surface area contributed by atoms with Crippen LogP contribution in [0.25, 0.3) is 0 Å². The lowest BCUT2D eigenvalue weighted by molar-refractivity contribution is 0.111. The van der Waals surface area contributed by atoms with Crippen molar-refractivity contribution < 1.29 is 9.53 Å². The molecule has 0 spiro atoms. The molecule has 0 fully saturated rings. The van der Waals surface area contributed by atoms with Crippen molar-refractivity contribution in [2.75, 3.05) is 0 Å². The molecule has 0 amide bonds. The van der Waals surface area contributed by atoms with E-state index in [0.29, 0.717) is 22.9 Å². The topological polar surface area (TPSA) is 44.1 Å². The van der Waals surface area contributed by atoms with E-state index in [1.54, 1.807) is 18.2 Å². The van der Waals surface area contributed by atoms with Crippen molar-refractivity contribution in [1.29, 1.82) is 0 Å². The summed E-state index contributed by atoms with van der Waals surface area (Å²) in [6.45, 7) is 5.05. The van der Waals surface area contributed by atoms with Gasteiger partial charge in [-0.05, 0) is 25.5 Å². The molecule has 1 heterocycles. The van der Waals surface area contributed by atoms with Crippen molar-refractivity contribution in [2.45, 2.75) is 33.4 Å². The molecule has 1 aromatic carbocycles. The second-order valence-electron chi connectivity index (χ2n) is 4.32. The van der Waals surface area contributed by atoms with E-state index in [1.807, 2.05) is 24.6 Å². The second kappa shape index (κ2) is 6.57. The van der Waals surface area contributed by atoms with Crippen molar-refractivity contribution in [3.8, 4) is 5.75 Å². The van der Waals surface area contributed by atoms with E-state index in [9.17, 15) is 4.79 Å². The van der Waals surface area contributed by atoms with Crippen LogP contribution in [0, 0.1) is 0 Å². The highest BCUT2D eigenvalue weighted by Crippen LogP contribution is 2.24. The molecule has 0 aliphatic heterocycles.